The van der Waals surface area contributed by atoms with E-state index in [1.54, 1.807) is 49.9 Å². The van der Waals surface area contributed by atoms with Gasteiger partial charge in [0.15, 0.2) is 0 Å². The van der Waals surface area contributed by atoms with Crippen LogP contribution in [0.15, 0.2) is 47.4 Å². The van der Waals surface area contributed by atoms with Crippen LogP contribution in [0.25, 0.3) is 0 Å². The molecule has 2 aromatic carbocycles. The number of rotatable bonds is 4. The van der Waals surface area contributed by atoms with Gasteiger partial charge in [-0.3, -0.25) is 4.79 Å². The number of ether oxygens (including phenoxy) is 1. The molecule has 0 spiro atoms. The summed E-state index contributed by atoms with van der Waals surface area (Å²) in [4.78, 5) is 26.5. The van der Waals surface area contributed by atoms with Gasteiger partial charge in [0.05, 0.1) is 4.90 Å². The zero-order valence-corrected chi connectivity index (χ0v) is 18.5. The van der Waals surface area contributed by atoms with Crippen molar-refractivity contribution in [2.24, 2.45) is 0 Å². The second kappa shape index (κ2) is 8.28. The molecule has 0 fully saturated rings. The van der Waals surface area contributed by atoms with Crippen LogP contribution in [-0.2, 0) is 26.8 Å². The highest BCUT2D eigenvalue weighted by molar-refractivity contribution is 8.13. The molecule has 0 saturated heterocycles. The van der Waals surface area contributed by atoms with E-state index in [2.05, 4.69) is 5.32 Å². The molecule has 1 aliphatic rings. The molecule has 0 bridgehead atoms. The molecule has 30 heavy (non-hydrogen) atoms. The van der Waals surface area contributed by atoms with E-state index in [1.807, 2.05) is 6.07 Å². The summed E-state index contributed by atoms with van der Waals surface area (Å²) in [6.45, 7) is 6.02. The summed E-state index contributed by atoms with van der Waals surface area (Å²) < 4.78 is 28.3. The molecule has 1 N–H and O–H groups in total. The lowest BCUT2D eigenvalue weighted by molar-refractivity contribution is 0.0523. The Hall–Kier alpha value is -2.58. The van der Waals surface area contributed by atoms with Crippen molar-refractivity contribution in [3.63, 3.8) is 0 Å². The third-order valence-corrected chi connectivity index (χ3v) is 5.83. The first-order chi connectivity index (χ1) is 13.9. The van der Waals surface area contributed by atoms with E-state index in [1.165, 1.54) is 12.1 Å². The predicted molar refractivity (Wildman–Crippen MR) is 114 cm³/mol. The number of hydrogen-bond donors (Lipinski definition) is 1. The van der Waals surface area contributed by atoms with Gasteiger partial charge in [0.1, 0.15) is 5.60 Å². The molecule has 3 rings (SSSR count). The minimum absolute atomic E-state index is 0.0208. The smallest absolute Gasteiger partial charge is 0.407 e. The summed E-state index contributed by atoms with van der Waals surface area (Å²) in [5.41, 5.74) is 2.07. The van der Waals surface area contributed by atoms with Gasteiger partial charge in [0.2, 0.25) is 0 Å². The summed E-state index contributed by atoms with van der Waals surface area (Å²) in [5, 5.41) is 2.67. The fraction of sp³-hybridized carbons (Fsp3) is 0.333. The Bertz CT molecular complexity index is 1090. The number of amides is 2. The van der Waals surface area contributed by atoms with Crippen LogP contribution in [-0.4, -0.2) is 32.6 Å². The quantitative estimate of drug-likeness (QED) is 0.714. The number of nitrogens with one attached hydrogen (secondary N) is 1. The average Bonchev–Trinajstić information content (AvgIpc) is 3.07. The maximum atomic E-state index is 13.0. The van der Waals surface area contributed by atoms with Gasteiger partial charge in [-0.25, -0.2) is 13.2 Å². The molecule has 2 aromatic rings. The summed E-state index contributed by atoms with van der Waals surface area (Å²) in [5.74, 6) is -0.200. The van der Waals surface area contributed by atoms with Crippen molar-refractivity contribution in [2.45, 2.75) is 44.2 Å². The maximum absolute atomic E-state index is 13.0. The van der Waals surface area contributed by atoms with Crippen molar-refractivity contribution in [1.29, 1.82) is 0 Å². The molecule has 0 aromatic heterocycles. The van der Waals surface area contributed by atoms with Crippen molar-refractivity contribution in [3.8, 4) is 0 Å². The normalized spacial score (nSPS) is 13.7. The van der Waals surface area contributed by atoms with E-state index in [-0.39, 0.29) is 17.3 Å². The van der Waals surface area contributed by atoms with Crippen molar-refractivity contribution in [2.75, 3.05) is 11.4 Å². The monoisotopic (exact) mass is 450 g/mol. The zero-order valence-electron chi connectivity index (χ0n) is 16.9. The number of hydrogen-bond acceptors (Lipinski definition) is 5. The van der Waals surface area contributed by atoms with Gasteiger partial charge in [-0.05, 0) is 68.7 Å². The predicted octanol–water partition coefficient (Wildman–Crippen LogP) is 3.84. The van der Waals surface area contributed by atoms with Crippen LogP contribution in [0, 0.1) is 0 Å². The number of halogens is 1. The van der Waals surface area contributed by atoms with Gasteiger partial charge < -0.3 is 15.0 Å². The molecule has 7 nitrogen and oxygen atoms in total. The minimum Gasteiger partial charge on any atom is -0.444 e. The number of alkyl carbamates (subject to hydrolysis) is 1. The standard InChI is InChI=1S/C21H23ClN2O5S/c1-21(2,3)29-20(26)23-13-14-5-4-6-16(11-14)19(25)24-10-9-15-12-17(30(22,27)28)7-8-18(15)24/h4-8,11-12H,9-10,13H2,1-3H3,(H,23,26). The first kappa shape index (κ1) is 22.1. The minimum atomic E-state index is -3.82. The highest BCUT2D eigenvalue weighted by atomic mass is 35.7. The second-order valence-corrected chi connectivity index (χ2v) is 10.6. The van der Waals surface area contributed by atoms with E-state index >= 15 is 0 Å². The van der Waals surface area contributed by atoms with Crippen LogP contribution in [0.2, 0.25) is 0 Å². The SMILES string of the molecule is CC(C)(C)OC(=O)NCc1cccc(C(=O)N2CCc3cc(S(=O)(=O)Cl)ccc32)c1. The summed E-state index contributed by atoms with van der Waals surface area (Å²) in [6, 6.07) is 11.5. The second-order valence-electron chi connectivity index (χ2n) is 7.99. The number of carbonyl (C=O) groups is 2. The number of nitrogens with zero attached hydrogens (tertiary/aromatic N) is 1. The van der Waals surface area contributed by atoms with E-state index in [0.717, 1.165) is 11.1 Å². The third kappa shape index (κ3) is 5.31. The van der Waals surface area contributed by atoms with Crippen LogP contribution in [0.4, 0.5) is 10.5 Å². The fourth-order valence-corrected chi connectivity index (χ4v) is 4.00. The van der Waals surface area contributed by atoms with Crippen molar-refractivity contribution >= 4 is 37.4 Å². The van der Waals surface area contributed by atoms with Gasteiger partial charge in [-0.15, -0.1) is 0 Å². The first-order valence-corrected chi connectivity index (χ1v) is 11.7. The fourth-order valence-electron chi connectivity index (χ4n) is 3.20. The molecule has 1 heterocycles. The number of fused-ring (bicyclic) bond motifs is 1. The lowest BCUT2D eigenvalue weighted by Gasteiger charge is -2.20. The molecule has 1 aliphatic heterocycles. The highest BCUT2D eigenvalue weighted by Crippen LogP contribution is 2.32. The Kier molecular flexibility index (Phi) is 6.10. The van der Waals surface area contributed by atoms with Gasteiger partial charge in [-0.1, -0.05) is 12.1 Å². The molecule has 2 amide bonds. The molecule has 0 saturated carbocycles. The summed E-state index contributed by atoms with van der Waals surface area (Å²) in [7, 11) is 1.59. The van der Waals surface area contributed by atoms with Crippen molar-refractivity contribution in [1.82, 2.24) is 5.32 Å². The van der Waals surface area contributed by atoms with E-state index < -0.39 is 20.7 Å². The van der Waals surface area contributed by atoms with Crippen LogP contribution in [0.5, 0.6) is 0 Å². The first-order valence-electron chi connectivity index (χ1n) is 9.39. The van der Waals surface area contributed by atoms with E-state index in [4.69, 9.17) is 15.4 Å². The molecule has 0 radical (unpaired) electrons. The number of anilines is 1. The number of carbonyl (C=O) groups excluding carboxylic acids is 2. The molecule has 0 unspecified atom stereocenters. The molecule has 0 atom stereocenters. The van der Waals surface area contributed by atoms with Gasteiger partial charge in [0, 0.05) is 35.0 Å². The Balaban J connectivity index is 1.73. The van der Waals surface area contributed by atoms with Crippen LogP contribution in [0.3, 0.4) is 0 Å². The molecular weight excluding hydrogens is 428 g/mol. The van der Waals surface area contributed by atoms with Crippen LogP contribution < -0.4 is 10.2 Å². The average molecular weight is 451 g/mol. The highest BCUT2D eigenvalue weighted by Gasteiger charge is 2.27. The molecule has 160 valence electrons. The Morgan fingerprint density at radius 3 is 2.57 bits per heavy atom. The van der Waals surface area contributed by atoms with Gasteiger partial charge in [-0.2, -0.15) is 0 Å². The lowest BCUT2D eigenvalue weighted by Crippen LogP contribution is -2.32. The Morgan fingerprint density at radius 1 is 1.17 bits per heavy atom. The van der Waals surface area contributed by atoms with E-state index in [9.17, 15) is 18.0 Å². The van der Waals surface area contributed by atoms with Gasteiger partial charge in [0.25, 0.3) is 15.0 Å². The summed E-state index contributed by atoms with van der Waals surface area (Å²) in [6.07, 6.45) is 0.0130. The van der Waals surface area contributed by atoms with Crippen LogP contribution >= 0.6 is 10.7 Å². The third-order valence-electron chi connectivity index (χ3n) is 4.48. The van der Waals surface area contributed by atoms with Gasteiger partial charge >= 0.3 is 6.09 Å². The molecular formula is C21H23ClN2O5S. The van der Waals surface area contributed by atoms with E-state index in [0.29, 0.717) is 24.2 Å². The Morgan fingerprint density at radius 2 is 1.90 bits per heavy atom. The summed E-state index contributed by atoms with van der Waals surface area (Å²) >= 11 is 0. The lowest BCUT2D eigenvalue weighted by atomic mass is 10.1. The zero-order chi connectivity index (χ0) is 22.1. The maximum Gasteiger partial charge on any atom is 0.407 e. The molecule has 9 heteroatoms. The Labute approximate surface area is 180 Å². The van der Waals surface area contributed by atoms with Crippen molar-refractivity contribution in [3.05, 3.63) is 59.2 Å². The largest absolute Gasteiger partial charge is 0.444 e. The number of benzene rings is 2. The van der Waals surface area contributed by atoms with Crippen molar-refractivity contribution < 1.29 is 22.7 Å². The topological polar surface area (TPSA) is 92.8 Å². The van der Waals surface area contributed by atoms with Crippen LogP contribution in [0.1, 0.15) is 42.3 Å². The molecule has 0 aliphatic carbocycles.